The average Bonchev–Trinajstić information content (AvgIpc) is 3.41. The predicted octanol–water partition coefficient (Wildman–Crippen LogP) is 6.67. The first-order valence-electron chi connectivity index (χ1n) is 11.3. The Labute approximate surface area is 204 Å². The van der Waals surface area contributed by atoms with Crippen molar-refractivity contribution >= 4 is 17.3 Å². The van der Waals surface area contributed by atoms with Gasteiger partial charge < -0.3 is 4.74 Å². The largest absolute Gasteiger partial charge is 0.488 e. The van der Waals surface area contributed by atoms with Gasteiger partial charge in [0, 0.05) is 34.1 Å². The fourth-order valence-electron chi connectivity index (χ4n) is 4.95. The number of alkyl halides is 3. The summed E-state index contributed by atoms with van der Waals surface area (Å²) in [7, 11) is 0. The van der Waals surface area contributed by atoms with E-state index in [0.717, 1.165) is 29.5 Å². The summed E-state index contributed by atoms with van der Waals surface area (Å²) < 4.78 is 59.1. The summed E-state index contributed by atoms with van der Waals surface area (Å²) in [5.74, 6) is -0.604. The van der Waals surface area contributed by atoms with Crippen LogP contribution in [-0.4, -0.2) is 24.0 Å². The summed E-state index contributed by atoms with van der Waals surface area (Å²) in [5.41, 5.74) is 3.87. The van der Waals surface area contributed by atoms with Crippen LogP contribution >= 0.6 is 11.3 Å². The second-order valence-corrected chi connectivity index (χ2v) is 10.2. The fraction of sp³-hybridized carbons (Fsp3) is 0.346. The van der Waals surface area contributed by atoms with Crippen LogP contribution < -0.4 is 4.74 Å². The summed E-state index contributed by atoms with van der Waals surface area (Å²) in [4.78, 5) is 16.7. The third kappa shape index (κ3) is 4.67. The van der Waals surface area contributed by atoms with Gasteiger partial charge in [0.05, 0.1) is 5.92 Å². The zero-order valence-corrected chi connectivity index (χ0v) is 19.7. The molecule has 35 heavy (non-hydrogen) atoms. The lowest BCUT2D eigenvalue weighted by Gasteiger charge is -2.41. The number of carbonyl (C=O) groups excluding carboxylic acids is 1. The number of likely N-dealkylation sites (tertiary alicyclic amines) is 1. The Morgan fingerprint density at radius 2 is 1.89 bits per heavy atom. The molecule has 5 rings (SSSR count). The van der Waals surface area contributed by atoms with Crippen molar-refractivity contribution in [1.29, 1.82) is 0 Å². The maximum Gasteiger partial charge on any atom is 0.426 e. The highest BCUT2D eigenvalue weighted by atomic mass is 32.1. The third-order valence-electron chi connectivity index (χ3n) is 6.74. The zero-order valence-electron chi connectivity index (χ0n) is 18.9. The number of nitrogens with zero attached hydrogens (tertiary/aromatic N) is 1. The van der Waals surface area contributed by atoms with Gasteiger partial charge >= 0.3 is 12.1 Å². The molecule has 0 amide bonds. The Balaban J connectivity index is 1.31. The highest BCUT2D eigenvalue weighted by Gasteiger charge is 2.41. The molecule has 2 aliphatic rings. The van der Waals surface area contributed by atoms with Crippen LogP contribution in [0.4, 0.5) is 17.7 Å². The van der Waals surface area contributed by atoms with Crippen LogP contribution in [0.15, 0.2) is 48.5 Å². The van der Waals surface area contributed by atoms with E-state index in [0.29, 0.717) is 40.6 Å². The van der Waals surface area contributed by atoms with Crippen LogP contribution in [-0.2, 0) is 28.9 Å². The SMILES string of the molecule is Cc1cc2c(cc1OCc1cc(-c3ccccc3)c(C(F)(F)F)s1)CCC2N1CC(C(=O)OF)C1. The van der Waals surface area contributed by atoms with E-state index < -0.39 is 22.9 Å². The highest BCUT2D eigenvalue weighted by molar-refractivity contribution is 7.12. The number of fused-ring (bicyclic) bond motifs is 1. The Morgan fingerprint density at radius 1 is 1.14 bits per heavy atom. The monoisotopic (exact) mass is 505 g/mol. The van der Waals surface area contributed by atoms with E-state index in [1.807, 2.05) is 19.1 Å². The van der Waals surface area contributed by atoms with Crippen molar-refractivity contribution in [2.24, 2.45) is 5.92 Å². The number of ether oxygens (including phenoxy) is 1. The summed E-state index contributed by atoms with van der Waals surface area (Å²) in [5, 5.41) is 0. The number of rotatable bonds is 6. The lowest BCUT2D eigenvalue weighted by atomic mass is 9.94. The average molecular weight is 506 g/mol. The van der Waals surface area contributed by atoms with Crippen LogP contribution in [0.3, 0.4) is 0 Å². The van der Waals surface area contributed by atoms with Gasteiger partial charge in [0.25, 0.3) is 0 Å². The maximum absolute atomic E-state index is 13.7. The van der Waals surface area contributed by atoms with Crippen LogP contribution in [0.1, 0.15) is 38.9 Å². The number of aryl methyl sites for hydroxylation is 2. The molecule has 1 unspecified atom stereocenters. The van der Waals surface area contributed by atoms with E-state index in [1.165, 1.54) is 0 Å². The molecule has 1 atom stereocenters. The Hall–Kier alpha value is -2.91. The standard InChI is InChI=1S/C26H23F4NO3S/c1-15-9-20-17(7-8-22(20)31-12-18(13-31)25(32)34-30)10-23(15)33-14-19-11-21(16-5-3-2-4-6-16)24(35-19)26(27,28)29/h2-6,9-11,18,22H,7-8,12-14H2,1H3. The molecule has 184 valence electrons. The molecule has 1 aliphatic heterocycles. The number of benzene rings is 2. The smallest absolute Gasteiger partial charge is 0.426 e. The molecular weight excluding hydrogens is 482 g/mol. The molecule has 0 radical (unpaired) electrons. The van der Waals surface area contributed by atoms with Crippen molar-refractivity contribution in [3.05, 3.63) is 75.0 Å². The molecule has 0 bridgehead atoms. The van der Waals surface area contributed by atoms with Gasteiger partial charge in [-0.15, -0.1) is 11.3 Å². The van der Waals surface area contributed by atoms with E-state index in [9.17, 15) is 22.5 Å². The predicted molar refractivity (Wildman–Crippen MR) is 124 cm³/mol. The van der Waals surface area contributed by atoms with Crippen LogP contribution in [0.25, 0.3) is 11.1 Å². The second-order valence-electron chi connectivity index (χ2n) is 9.03. The molecule has 4 nitrogen and oxygen atoms in total. The van der Waals surface area contributed by atoms with E-state index in [1.54, 1.807) is 36.4 Å². The molecule has 0 spiro atoms. The number of thiophene rings is 1. The minimum absolute atomic E-state index is 0.0444. The third-order valence-corrected chi connectivity index (χ3v) is 7.89. The Bertz CT molecular complexity index is 1240. The Morgan fingerprint density at radius 3 is 2.57 bits per heavy atom. The molecule has 1 aromatic heterocycles. The molecule has 0 N–H and O–H groups in total. The first kappa shape index (κ1) is 23.8. The minimum atomic E-state index is -4.44. The lowest BCUT2D eigenvalue weighted by molar-refractivity contribution is -0.195. The molecule has 0 saturated carbocycles. The summed E-state index contributed by atoms with van der Waals surface area (Å²) in [6, 6.07) is 14.3. The molecule has 9 heteroatoms. The molecule has 2 heterocycles. The number of hydrogen-bond donors (Lipinski definition) is 0. The van der Waals surface area contributed by atoms with Gasteiger partial charge in [0.2, 0.25) is 0 Å². The normalized spacial score (nSPS) is 18.3. The zero-order chi connectivity index (χ0) is 24.7. The Kier molecular flexibility index (Phi) is 6.31. The highest BCUT2D eigenvalue weighted by Crippen LogP contribution is 2.44. The van der Waals surface area contributed by atoms with Gasteiger partial charge in [-0.05, 0) is 54.2 Å². The van der Waals surface area contributed by atoms with E-state index in [-0.39, 0.29) is 18.2 Å². The molecular formula is C26H23F4NO3S. The van der Waals surface area contributed by atoms with E-state index in [2.05, 4.69) is 9.84 Å². The molecule has 3 aromatic rings. The van der Waals surface area contributed by atoms with Crippen molar-refractivity contribution in [3.8, 4) is 16.9 Å². The first-order chi connectivity index (χ1) is 16.7. The van der Waals surface area contributed by atoms with Gasteiger partial charge in [-0.1, -0.05) is 36.4 Å². The van der Waals surface area contributed by atoms with Gasteiger partial charge in [0.1, 0.15) is 17.2 Å². The molecule has 1 aliphatic carbocycles. The van der Waals surface area contributed by atoms with Crippen LogP contribution in [0, 0.1) is 12.8 Å². The fourth-order valence-corrected chi connectivity index (χ4v) is 5.90. The summed E-state index contributed by atoms with van der Waals surface area (Å²) >= 11 is 0.710. The first-order valence-corrected chi connectivity index (χ1v) is 12.1. The molecule has 1 fully saturated rings. The number of hydrogen-bond acceptors (Lipinski definition) is 5. The van der Waals surface area contributed by atoms with Gasteiger partial charge in [0.15, 0.2) is 0 Å². The van der Waals surface area contributed by atoms with Crippen molar-refractivity contribution < 1.29 is 32.2 Å². The minimum Gasteiger partial charge on any atom is -0.488 e. The van der Waals surface area contributed by atoms with Crippen molar-refractivity contribution in [2.45, 2.75) is 38.6 Å². The number of carbonyl (C=O) groups is 1. The van der Waals surface area contributed by atoms with Crippen molar-refractivity contribution in [1.82, 2.24) is 4.90 Å². The molecule has 1 saturated heterocycles. The lowest BCUT2D eigenvalue weighted by Crippen LogP contribution is -2.51. The topological polar surface area (TPSA) is 38.8 Å². The summed E-state index contributed by atoms with van der Waals surface area (Å²) in [6.07, 6.45) is -2.72. The number of halogens is 4. The maximum atomic E-state index is 13.7. The summed E-state index contributed by atoms with van der Waals surface area (Å²) in [6.45, 7) is 2.89. The van der Waals surface area contributed by atoms with Gasteiger partial charge in [-0.3, -0.25) is 9.84 Å². The van der Waals surface area contributed by atoms with Crippen LogP contribution in [0.5, 0.6) is 5.75 Å². The van der Waals surface area contributed by atoms with E-state index >= 15 is 0 Å². The quantitative estimate of drug-likeness (QED) is 0.351. The van der Waals surface area contributed by atoms with Gasteiger partial charge in [-0.2, -0.15) is 13.2 Å². The van der Waals surface area contributed by atoms with E-state index in [4.69, 9.17) is 4.74 Å². The van der Waals surface area contributed by atoms with Gasteiger partial charge in [-0.25, -0.2) is 4.79 Å². The van der Waals surface area contributed by atoms with Crippen LogP contribution in [0.2, 0.25) is 0 Å². The molecule has 2 aromatic carbocycles. The van der Waals surface area contributed by atoms with Crippen molar-refractivity contribution in [3.63, 3.8) is 0 Å². The van der Waals surface area contributed by atoms with Crippen molar-refractivity contribution in [2.75, 3.05) is 13.1 Å². The second kappa shape index (κ2) is 9.28.